The lowest BCUT2D eigenvalue weighted by molar-refractivity contribution is 0.297. The summed E-state index contributed by atoms with van der Waals surface area (Å²) in [5.41, 5.74) is 1.02. The highest BCUT2D eigenvalue weighted by atomic mass is 35.5. The summed E-state index contributed by atoms with van der Waals surface area (Å²) in [6.07, 6.45) is 1.96. The summed E-state index contributed by atoms with van der Waals surface area (Å²) in [6, 6.07) is 5.06. The molecule has 0 aromatic heterocycles. The molecule has 1 N–H and O–H groups in total. The Morgan fingerprint density at radius 2 is 1.95 bits per heavy atom. The molecule has 0 saturated heterocycles. The molecule has 0 aliphatic heterocycles. The second-order valence-corrected chi connectivity index (χ2v) is 6.01. The highest BCUT2D eigenvalue weighted by Crippen LogP contribution is 2.23. The van der Waals surface area contributed by atoms with Crippen LogP contribution in [0.5, 0.6) is 0 Å². The van der Waals surface area contributed by atoms with Crippen molar-refractivity contribution in [2.45, 2.75) is 46.6 Å². The van der Waals surface area contributed by atoms with Crippen LogP contribution in [0.1, 0.15) is 39.7 Å². The van der Waals surface area contributed by atoms with Gasteiger partial charge in [0, 0.05) is 11.1 Å². The van der Waals surface area contributed by atoms with E-state index in [1.165, 1.54) is 12.1 Å². The molecule has 0 bridgehead atoms. The highest BCUT2D eigenvalue weighted by Gasteiger charge is 2.20. The van der Waals surface area contributed by atoms with Gasteiger partial charge in [-0.05, 0) is 48.9 Å². The number of nitrogens with one attached hydrogen (secondary N) is 1. The standard InChI is InChI=1S/C16H25ClFN/c1-5-8-19-16(12(4)11(2)3)9-13-6-7-14(18)10-15(13)17/h6-7,10-12,16,19H,5,8-9H2,1-4H3. The monoisotopic (exact) mass is 285 g/mol. The summed E-state index contributed by atoms with van der Waals surface area (Å²) in [4.78, 5) is 0. The Labute approximate surface area is 121 Å². The quantitative estimate of drug-likeness (QED) is 0.767. The minimum Gasteiger partial charge on any atom is -0.313 e. The molecule has 0 saturated carbocycles. The van der Waals surface area contributed by atoms with Gasteiger partial charge in [-0.1, -0.05) is 45.4 Å². The predicted octanol–water partition coefficient (Wildman–Crippen LogP) is 4.68. The Hall–Kier alpha value is -0.600. The van der Waals surface area contributed by atoms with Crippen LogP contribution < -0.4 is 5.32 Å². The van der Waals surface area contributed by atoms with E-state index in [1.807, 2.05) is 0 Å². The maximum atomic E-state index is 13.1. The van der Waals surface area contributed by atoms with E-state index >= 15 is 0 Å². The molecule has 0 fully saturated rings. The third-order valence-electron chi connectivity index (χ3n) is 3.80. The first-order chi connectivity index (χ1) is 8.95. The molecule has 0 spiro atoms. The smallest absolute Gasteiger partial charge is 0.124 e. The molecule has 19 heavy (non-hydrogen) atoms. The van der Waals surface area contributed by atoms with E-state index in [0.717, 1.165) is 24.9 Å². The first-order valence-corrected chi connectivity index (χ1v) is 7.50. The molecular formula is C16H25ClFN. The minimum atomic E-state index is -0.274. The van der Waals surface area contributed by atoms with E-state index in [0.29, 0.717) is 22.9 Å². The van der Waals surface area contributed by atoms with E-state index in [4.69, 9.17) is 11.6 Å². The number of hydrogen-bond donors (Lipinski definition) is 1. The van der Waals surface area contributed by atoms with Gasteiger partial charge in [-0.25, -0.2) is 4.39 Å². The van der Waals surface area contributed by atoms with Gasteiger partial charge in [-0.15, -0.1) is 0 Å². The summed E-state index contributed by atoms with van der Waals surface area (Å²) in [6.45, 7) is 9.89. The van der Waals surface area contributed by atoms with Crippen LogP contribution in [0.25, 0.3) is 0 Å². The number of benzene rings is 1. The Bertz CT molecular complexity index is 392. The highest BCUT2D eigenvalue weighted by molar-refractivity contribution is 6.31. The first kappa shape index (κ1) is 16.5. The van der Waals surface area contributed by atoms with Crippen molar-refractivity contribution in [1.82, 2.24) is 5.32 Å². The third-order valence-corrected chi connectivity index (χ3v) is 4.15. The zero-order chi connectivity index (χ0) is 14.4. The van der Waals surface area contributed by atoms with Crippen molar-refractivity contribution in [1.29, 1.82) is 0 Å². The zero-order valence-corrected chi connectivity index (χ0v) is 13.1. The van der Waals surface area contributed by atoms with E-state index < -0.39 is 0 Å². The van der Waals surface area contributed by atoms with Gasteiger partial charge in [0.15, 0.2) is 0 Å². The summed E-state index contributed by atoms with van der Waals surface area (Å²) in [5, 5.41) is 4.12. The Morgan fingerprint density at radius 1 is 1.26 bits per heavy atom. The van der Waals surface area contributed by atoms with Crippen molar-refractivity contribution < 1.29 is 4.39 Å². The molecule has 108 valence electrons. The van der Waals surface area contributed by atoms with Crippen molar-refractivity contribution in [3.05, 3.63) is 34.6 Å². The van der Waals surface area contributed by atoms with Crippen LogP contribution in [-0.4, -0.2) is 12.6 Å². The Kier molecular flexibility index (Phi) is 6.81. The number of rotatable bonds is 7. The zero-order valence-electron chi connectivity index (χ0n) is 12.3. The van der Waals surface area contributed by atoms with Crippen molar-refractivity contribution in [3.8, 4) is 0 Å². The molecule has 2 unspecified atom stereocenters. The lowest BCUT2D eigenvalue weighted by atomic mass is 9.86. The third kappa shape index (κ3) is 5.12. The van der Waals surface area contributed by atoms with Crippen LogP contribution >= 0.6 is 11.6 Å². The molecule has 1 nitrogen and oxygen atoms in total. The molecule has 0 aliphatic carbocycles. The van der Waals surface area contributed by atoms with Crippen molar-refractivity contribution in [2.75, 3.05) is 6.54 Å². The fraction of sp³-hybridized carbons (Fsp3) is 0.625. The lowest BCUT2D eigenvalue weighted by Crippen LogP contribution is -2.39. The van der Waals surface area contributed by atoms with Crippen LogP contribution in [0.2, 0.25) is 5.02 Å². The lowest BCUT2D eigenvalue weighted by Gasteiger charge is -2.28. The van der Waals surface area contributed by atoms with E-state index in [1.54, 1.807) is 6.07 Å². The predicted molar refractivity (Wildman–Crippen MR) is 81.2 cm³/mol. The SMILES string of the molecule is CCCNC(Cc1ccc(F)cc1Cl)C(C)C(C)C. The molecule has 3 heteroatoms. The van der Waals surface area contributed by atoms with Gasteiger partial charge in [0.05, 0.1) is 0 Å². The normalized spacial score (nSPS) is 14.7. The topological polar surface area (TPSA) is 12.0 Å². The maximum absolute atomic E-state index is 13.1. The van der Waals surface area contributed by atoms with Crippen LogP contribution in [0.3, 0.4) is 0 Å². The van der Waals surface area contributed by atoms with Crippen LogP contribution in [-0.2, 0) is 6.42 Å². The molecule has 0 heterocycles. The van der Waals surface area contributed by atoms with Crippen LogP contribution in [0, 0.1) is 17.7 Å². The molecule has 0 aliphatic rings. The van der Waals surface area contributed by atoms with E-state index in [2.05, 4.69) is 33.0 Å². The summed E-state index contributed by atoms with van der Waals surface area (Å²) < 4.78 is 13.1. The molecule has 2 atom stereocenters. The average Bonchev–Trinajstić information content (AvgIpc) is 2.36. The Balaban J connectivity index is 2.81. The second-order valence-electron chi connectivity index (χ2n) is 5.60. The van der Waals surface area contributed by atoms with E-state index in [-0.39, 0.29) is 5.82 Å². The summed E-state index contributed by atoms with van der Waals surface area (Å²) in [7, 11) is 0. The van der Waals surface area contributed by atoms with Gasteiger partial charge in [0.1, 0.15) is 5.82 Å². The van der Waals surface area contributed by atoms with E-state index in [9.17, 15) is 4.39 Å². The fourth-order valence-electron chi connectivity index (χ4n) is 2.16. The van der Waals surface area contributed by atoms with Gasteiger partial charge >= 0.3 is 0 Å². The number of halogens is 2. The maximum Gasteiger partial charge on any atom is 0.124 e. The fourth-order valence-corrected chi connectivity index (χ4v) is 2.41. The van der Waals surface area contributed by atoms with Gasteiger partial charge in [0.25, 0.3) is 0 Å². The molecule has 1 rings (SSSR count). The van der Waals surface area contributed by atoms with Crippen molar-refractivity contribution in [2.24, 2.45) is 11.8 Å². The molecule has 1 aromatic rings. The van der Waals surface area contributed by atoms with Gasteiger partial charge in [-0.2, -0.15) is 0 Å². The van der Waals surface area contributed by atoms with Gasteiger partial charge in [-0.3, -0.25) is 0 Å². The van der Waals surface area contributed by atoms with Crippen LogP contribution in [0.15, 0.2) is 18.2 Å². The van der Waals surface area contributed by atoms with Gasteiger partial charge < -0.3 is 5.32 Å². The minimum absolute atomic E-state index is 0.274. The summed E-state index contributed by atoms with van der Waals surface area (Å²) >= 11 is 6.12. The first-order valence-electron chi connectivity index (χ1n) is 7.13. The molecule has 1 aromatic carbocycles. The molecule has 0 amide bonds. The van der Waals surface area contributed by atoms with Crippen molar-refractivity contribution >= 4 is 11.6 Å². The average molecular weight is 286 g/mol. The Morgan fingerprint density at radius 3 is 2.47 bits per heavy atom. The molecular weight excluding hydrogens is 261 g/mol. The summed E-state index contributed by atoms with van der Waals surface area (Å²) in [5.74, 6) is 0.880. The largest absolute Gasteiger partial charge is 0.313 e. The number of hydrogen-bond acceptors (Lipinski definition) is 1. The molecule has 0 radical (unpaired) electrons. The van der Waals surface area contributed by atoms with Crippen LogP contribution in [0.4, 0.5) is 4.39 Å². The van der Waals surface area contributed by atoms with Crippen molar-refractivity contribution in [3.63, 3.8) is 0 Å². The second kappa shape index (κ2) is 7.86. The van der Waals surface area contributed by atoms with Gasteiger partial charge in [0.2, 0.25) is 0 Å².